The molecule has 0 saturated carbocycles. The zero-order valence-corrected chi connectivity index (χ0v) is 15.5. The van der Waals surface area contributed by atoms with Crippen molar-refractivity contribution in [1.29, 1.82) is 0 Å². The minimum Gasteiger partial charge on any atom is -0.463 e. The maximum absolute atomic E-state index is 12.3. The highest BCUT2D eigenvalue weighted by Crippen LogP contribution is 2.13. The predicted molar refractivity (Wildman–Crippen MR) is 108 cm³/mol. The van der Waals surface area contributed by atoms with Crippen LogP contribution in [-0.2, 0) is 20.7 Å². The summed E-state index contributed by atoms with van der Waals surface area (Å²) in [5, 5.41) is 7.16. The minimum absolute atomic E-state index is 0.123. The van der Waals surface area contributed by atoms with Gasteiger partial charge in [-0.15, -0.1) is 0 Å². The second-order valence-corrected chi connectivity index (χ2v) is 6.06. The Kier molecular flexibility index (Phi) is 6.36. The fraction of sp³-hybridized carbons (Fsp3) is 0.136. The van der Waals surface area contributed by atoms with Crippen molar-refractivity contribution in [3.63, 3.8) is 0 Å². The Morgan fingerprint density at radius 3 is 2.57 bits per heavy atom. The van der Waals surface area contributed by atoms with Gasteiger partial charge in [0.05, 0.1) is 24.9 Å². The van der Waals surface area contributed by atoms with E-state index in [1.807, 2.05) is 48.7 Å². The van der Waals surface area contributed by atoms with Crippen molar-refractivity contribution in [1.82, 2.24) is 9.78 Å². The van der Waals surface area contributed by atoms with Crippen molar-refractivity contribution in [2.24, 2.45) is 0 Å². The molecule has 6 heteroatoms. The van der Waals surface area contributed by atoms with Crippen LogP contribution >= 0.6 is 0 Å². The lowest BCUT2D eigenvalue weighted by atomic mass is 10.2. The number of anilines is 1. The van der Waals surface area contributed by atoms with Gasteiger partial charge in [0.2, 0.25) is 5.91 Å². The summed E-state index contributed by atoms with van der Waals surface area (Å²) in [5.74, 6) is -0.502. The van der Waals surface area contributed by atoms with Gasteiger partial charge in [0.25, 0.3) is 0 Å². The smallest absolute Gasteiger partial charge is 0.330 e. The highest BCUT2D eigenvalue weighted by molar-refractivity contribution is 5.92. The fourth-order valence-electron chi connectivity index (χ4n) is 2.60. The number of amides is 1. The van der Waals surface area contributed by atoms with Gasteiger partial charge in [0, 0.05) is 18.0 Å². The van der Waals surface area contributed by atoms with Crippen LogP contribution in [-0.4, -0.2) is 28.3 Å². The van der Waals surface area contributed by atoms with Gasteiger partial charge in [-0.25, -0.2) is 9.48 Å². The summed E-state index contributed by atoms with van der Waals surface area (Å²) < 4.78 is 6.58. The molecule has 0 atom stereocenters. The van der Waals surface area contributed by atoms with E-state index in [0.717, 1.165) is 16.8 Å². The Labute approximate surface area is 163 Å². The van der Waals surface area contributed by atoms with Crippen molar-refractivity contribution in [3.05, 3.63) is 84.2 Å². The van der Waals surface area contributed by atoms with Crippen molar-refractivity contribution in [2.45, 2.75) is 13.3 Å². The number of carbonyl (C=O) groups excluding carboxylic acids is 2. The zero-order chi connectivity index (χ0) is 19.8. The average molecular weight is 375 g/mol. The summed E-state index contributed by atoms with van der Waals surface area (Å²) in [6.45, 7) is 2.11. The fourth-order valence-corrected chi connectivity index (χ4v) is 2.60. The van der Waals surface area contributed by atoms with Crippen LogP contribution in [0.25, 0.3) is 11.8 Å². The highest BCUT2D eigenvalue weighted by atomic mass is 16.5. The third-order valence-electron chi connectivity index (χ3n) is 3.91. The molecule has 1 heterocycles. The summed E-state index contributed by atoms with van der Waals surface area (Å²) >= 11 is 0. The Bertz CT molecular complexity index is 960. The van der Waals surface area contributed by atoms with E-state index < -0.39 is 0 Å². The Hall–Kier alpha value is -3.67. The predicted octanol–water partition coefficient (Wildman–Crippen LogP) is 3.63. The monoisotopic (exact) mass is 375 g/mol. The molecule has 2 aromatic carbocycles. The zero-order valence-electron chi connectivity index (χ0n) is 15.5. The van der Waals surface area contributed by atoms with Crippen molar-refractivity contribution >= 4 is 23.6 Å². The van der Waals surface area contributed by atoms with E-state index in [9.17, 15) is 9.59 Å². The molecule has 0 spiro atoms. The maximum Gasteiger partial charge on any atom is 0.330 e. The highest BCUT2D eigenvalue weighted by Gasteiger charge is 2.07. The molecule has 1 aromatic heterocycles. The maximum atomic E-state index is 12.3. The number of nitrogens with one attached hydrogen (secondary N) is 1. The van der Waals surface area contributed by atoms with Gasteiger partial charge in [-0.3, -0.25) is 4.79 Å². The largest absolute Gasteiger partial charge is 0.463 e. The van der Waals surface area contributed by atoms with Crippen LogP contribution in [0.1, 0.15) is 18.1 Å². The molecule has 1 amide bonds. The minimum atomic E-state index is -0.379. The molecule has 0 unspecified atom stereocenters. The molecular weight excluding hydrogens is 354 g/mol. The van der Waals surface area contributed by atoms with E-state index in [0.29, 0.717) is 12.3 Å². The lowest BCUT2D eigenvalue weighted by Gasteiger charge is -2.05. The van der Waals surface area contributed by atoms with Gasteiger partial charge < -0.3 is 10.1 Å². The second-order valence-electron chi connectivity index (χ2n) is 6.06. The number of nitrogens with zero attached hydrogens (tertiary/aromatic N) is 2. The van der Waals surface area contributed by atoms with Crippen LogP contribution in [0.2, 0.25) is 0 Å². The number of rotatable bonds is 7. The second kappa shape index (κ2) is 9.32. The lowest BCUT2D eigenvalue weighted by molar-refractivity contribution is -0.137. The number of aromatic nitrogens is 2. The number of para-hydroxylation sites is 1. The van der Waals surface area contributed by atoms with Crippen LogP contribution in [0.4, 0.5) is 5.69 Å². The first kappa shape index (κ1) is 19.1. The van der Waals surface area contributed by atoms with Gasteiger partial charge in [0.1, 0.15) is 0 Å². The van der Waals surface area contributed by atoms with E-state index in [1.165, 1.54) is 6.08 Å². The first-order chi connectivity index (χ1) is 13.6. The molecule has 0 aliphatic heterocycles. The Balaban J connectivity index is 1.55. The molecule has 0 radical (unpaired) electrons. The van der Waals surface area contributed by atoms with Gasteiger partial charge in [-0.05, 0) is 48.4 Å². The molecule has 0 aliphatic rings. The Morgan fingerprint density at radius 1 is 1.11 bits per heavy atom. The molecule has 28 heavy (non-hydrogen) atoms. The van der Waals surface area contributed by atoms with Crippen LogP contribution in [0.3, 0.4) is 0 Å². The molecular formula is C22H21N3O3. The molecule has 3 rings (SSSR count). The summed E-state index contributed by atoms with van der Waals surface area (Å²) in [4.78, 5) is 23.6. The van der Waals surface area contributed by atoms with Crippen LogP contribution in [0, 0.1) is 0 Å². The summed E-state index contributed by atoms with van der Waals surface area (Å²) in [6.07, 6.45) is 6.81. The standard InChI is InChI=1S/C22H21N3O3/c1-2-28-22(27)13-10-17-8-11-19(12-9-17)24-21(26)14-18-15-23-25(16-18)20-6-4-3-5-7-20/h3-13,15-16H,2,14H2,1H3,(H,24,26)/b13-10+. The van der Waals surface area contributed by atoms with E-state index in [4.69, 9.17) is 4.74 Å². The van der Waals surface area contributed by atoms with Crippen molar-refractivity contribution < 1.29 is 14.3 Å². The van der Waals surface area contributed by atoms with Crippen molar-refractivity contribution in [2.75, 3.05) is 11.9 Å². The van der Waals surface area contributed by atoms with Gasteiger partial charge >= 0.3 is 5.97 Å². The third-order valence-corrected chi connectivity index (χ3v) is 3.91. The lowest BCUT2D eigenvalue weighted by Crippen LogP contribution is -2.14. The molecule has 0 fully saturated rings. The molecule has 6 nitrogen and oxygen atoms in total. The first-order valence-corrected chi connectivity index (χ1v) is 8.98. The van der Waals surface area contributed by atoms with Crippen LogP contribution < -0.4 is 5.32 Å². The normalized spacial score (nSPS) is 10.8. The van der Waals surface area contributed by atoms with Gasteiger partial charge in [0.15, 0.2) is 0 Å². The number of carbonyl (C=O) groups is 2. The van der Waals surface area contributed by atoms with Crippen LogP contribution in [0.5, 0.6) is 0 Å². The third kappa shape index (κ3) is 5.41. The van der Waals surface area contributed by atoms with E-state index in [2.05, 4.69) is 10.4 Å². The molecule has 3 aromatic rings. The first-order valence-electron chi connectivity index (χ1n) is 8.98. The average Bonchev–Trinajstić information content (AvgIpc) is 3.17. The van der Waals surface area contributed by atoms with E-state index in [1.54, 1.807) is 36.0 Å². The number of ether oxygens (including phenoxy) is 1. The Morgan fingerprint density at radius 2 is 1.86 bits per heavy atom. The molecule has 0 saturated heterocycles. The quantitative estimate of drug-likeness (QED) is 0.506. The molecule has 0 aliphatic carbocycles. The summed E-state index contributed by atoms with van der Waals surface area (Å²) in [5.41, 5.74) is 3.31. The van der Waals surface area contributed by atoms with Crippen molar-refractivity contribution in [3.8, 4) is 5.69 Å². The number of esters is 1. The number of hydrogen-bond donors (Lipinski definition) is 1. The van der Waals surface area contributed by atoms with Crippen LogP contribution in [0.15, 0.2) is 73.1 Å². The number of hydrogen-bond acceptors (Lipinski definition) is 4. The van der Waals surface area contributed by atoms with Gasteiger partial charge in [-0.1, -0.05) is 30.3 Å². The topological polar surface area (TPSA) is 73.2 Å². The van der Waals surface area contributed by atoms with Gasteiger partial charge in [-0.2, -0.15) is 5.10 Å². The summed E-state index contributed by atoms with van der Waals surface area (Å²) in [7, 11) is 0. The van der Waals surface area contributed by atoms with E-state index >= 15 is 0 Å². The SMILES string of the molecule is CCOC(=O)/C=C/c1ccc(NC(=O)Cc2cnn(-c3ccccc3)c2)cc1. The summed E-state index contributed by atoms with van der Waals surface area (Å²) in [6, 6.07) is 16.9. The molecule has 0 bridgehead atoms. The van der Waals surface area contributed by atoms with E-state index in [-0.39, 0.29) is 18.3 Å². The number of benzene rings is 2. The molecule has 142 valence electrons. The molecule has 1 N–H and O–H groups in total.